The molecule has 1 N–H and O–H groups in total. The number of amides is 1. The largest absolute Gasteiger partial charge is 0.478 e. The van der Waals surface area contributed by atoms with Crippen LogP contribution in [0.25, 0.3) is 11.0 Å². The summed E-state index contributed by atoms with van der Waals surface area (Å²) in [4.78, 5) is 32.7. The first-order chi connectivity index (χ1) is 18.8. The highest BCUT2D eigenvalue weighted by Crippen LogP contribution is 2.32. The van der Waals surface area contributed by atoms with Gasteiger partial charge < -0.3 is 33.7 Å². The summed E-state index contributed by atoms with van der Waals surface area (Å²) in [5, 5.41) is 10.7. The van der Waals surface area contributed by atoms with E-state index in [1.54, 1.807) is 29.3 Å². The zero-order valence-corrected chi connectivity index (χ0v) is 25.3. The molecule has 2 aromatic heterocycles. The van der Waals surface area contributed by atoms with Crippen LogP contribution in [0.4, 0.5) is 10.5 Å². The summed E-state index contributed by atoms with van der Waals surface area (Å²) in [5.74, 6) is -0.402. The number of pyridine rings is 1. The van der Waals surface area contributed by atoms with Crippen LogP contribution in [0.1, 0.15) is 31.1 Å². The Balaban J connectivity index is 1.45. The normalized spacial score (nSPS) is 14.4. The van der Waals surface area contributed by atoms with Gasteiger partial charge in [-0.3, -0.25) is 0 Å². The van der Waals surface area contributed by atoms with E-state index in [2.05, 4.69) is 29.5 Å². The average molecular weight is 569 g/mol. The first kappa shape index (κ1) is 29.4. The maximum absolute atomic E-state index is 12.4. The van der Waals surface area contributed by atoms with E-state index >= 15 is 0 Å². The Morgan fingerprint density at radius 3 is 2.42 bits per heavy atom. The number of rotatable bonds is 9. The lowest BCUT2D eigenvalue weighted by atomic mass is 10.1. The van der Waals surface area contributed by atoms with E-state index in [-0.39, 0.29) is 17.4 Å². The van der Waals surface area contributed by atoms with Crippen LogP contribution in [-0.2, 0) is 16.2 Å². The van der Waals surface area contributed by atoms with Crippen molar-refractivity contribution >= 4 is 36.9 Å². The molecule has 216 valence electrons. The Morgan fingerprint density at radius 2 is 1.77 bits per heavy atom. The first-order valence-corrected chi connectivity index (χ1v) is 17.3. The van der Waals surface area contributed by atoms with Crippen LogP contribution >= 0.6 is 0 Å². The molecular weight excluding hydrogens is 528 g/mol. The average Bonchev–Trinajstić information content (AvgIpc) is 3.27. The fourth-order valence-electron chi connectivity index (χ4n) is 4.33. The number of carboxylic acids is 1. The number of ether oxygens (including phenoxy) is 3. The highest BCUT2D eigenvalue weighted by molar-refractivity contribution is 6.76. The SMILES string of the molecule is CC(C)(C)OC(=O)N1CCN(c2ccc(C(=O)O)c(Oc3cnc4c(ccn4COCC[Si](C)(C)C)c3)c2)CC1. The van der Waals surface area contributed by atoms with Gasteiger partial charge in [-0.15, -0.1) is 0 Å². The standard InChI is InChI=1S/C29H40N4O6Si/c1-29(2,3)39-28(36)32-13-11-31(12-14-32)22-7-8-24(27(34)35)25(18-22)38-23-17-21-9-10-33(26(21)30-19-23)20-37-15-16-40(4,5)6/h7-10,17-19H,11-16,20H2,1-6H3,(H,34,35). The predicted molar refractivity (Wildman–Crippen MR) is 157 cm³/mol. The number of nitrogens with zero attached hydrogens (tertiary/aromatic N) is 4. The molecule has 0 unspecified atom stereocenters. The monoisotopic (exact) mass is 568 g/mol. The predicted octanol–water partition coefficient (Wildman–Crippen LogP) is 5.90. The van der Waals surface area contributed by atoms with Gasteiger partial charge in [-0.25, -0.2) is 14.6 Å². The third kappa shape index (κ3) is 7.76. The van der Waals surface area contributed by atoms with Crippen molar-refractivity contribution in [1.29, 1.82) is 0 Å². The van der Waals surface area contributed by atoms with Gasteiger partial charge in [-0.05, 0) is 51.1 Å². The number of hydrogen-bond acceptors (Lipinski definition) is 7. The fraction of sp³-hybridized carbons (Fsp3) is 0.483. The molecule has 1 amide bonds. The smallest absolute Gasteiger partial charge is 0.410 e. The molecule has 4 rings (SSSR count). The summed E-state index contributed by atoms with van der Waals surface area (Å²) in [6.07, 6.45) is 3.20. The molecule has 1 aliphatic rings. The highest BCUT2D eigenvalue weighted by atomic mass is 28.3. The van der Waals surface area contributed by atoms with E-state index in [9.17, 15) is 14.7 Å². The van der Waals surface area contributed by atoms with Gasteiger partial charge >= 0.3 is 12.1 Å². The number of aromatic nitrogens is 2. The second-order valence-corrected chi connectivity index (χ2v) is 17.9. The van der Waals surface area contributed by atoms with Crippen molar-refractivity contribution in [2.75, 3.05) is 37.7 Å². The Kier molecular flexibility index (Phi) is 8.74. The van der Waals surface area contributed by atoms with Crippen LogP contribution in [0.2, 0.25) is 25.7 Å². The van der Waals surface area contributed by atoms with E-state index in [1.807, 2.05) is 43.7 Å². The molecule has 3 aromatic rings. The molecule has 1 fully saturated rings. The third-order valence-corrected chi connectivity index (χ3v) is 8.23. The van der Waals surface area contributed by atoms with Crippen LogP contribution in [-0.4, -0.2) is 78.1 Å². The molecule has 0 radical (unpaired) electrons. The van der Waals surface area contributed by atoms with Gasteiger partial charge in [0, 0.05) is 64.2 Å². The Morgan fingerprint density at radius 1 is 1.05 bits per heavy atom. The molecule has 0 bridgehead atoms. The van der Waals surface area contributed by atoms with Crippen molar-refractivity contribution in [1.82, 2.24) is 14.5 Å². The number of carbonyl (C=O) groups excluding carboxylic acids is 1. The van der Waals surface area contributed by atoms with Crippen molar-refractivity contribution in [3.8, 4) is 11.5 Å². The summed E-state index contributed by atoms with van der Waals surface area (Å²) in [5.41, 5.74) is 1.11. The maximum atomic E-state index is 12.4. The van der Waals surface area contributed by atoms with Gasteiger partial charge in [0.1, 0.15) is 35.0 Å². The maximum Gasteiger partial charge on any atom is 0.410 e. The van der Waals surface area contributed by atoms with Crippen LogP contribution < -0.4 is 9.64 Å². The summed E-state index contributed by atoms with van der Waals surface area (Å²) in [6, 6.07) is 9.93. The summed E-state index contributed by atoms with van der Waals surface area (Å²) < 4.78 is 19.4. The Hall–Kier alpha value is -3.57. The minimum absolute atomic E-state index is 0.0598. The molecule has 1 aromatic carbocycles. The van der Waals surface area contributed by atoms with Crippen molar-refractivity contribution in [2.45, 2.75) is 58.8 Å². The van der Waals surface area contributed by atoms with Gasteiger partial charge in [0.05, 0.1) is 6.20 Å². The van der Waals surface area contributed by atoms with Crippen LogP contribution in [0.5, 0.6) is 11.5 Å². The number of hydrogen-bond donors (Lipinski definition) is 1. The van der Waals surface area contributed by atoms with Crippen molar-refractivity contribution in [3.63, 3.8) is 0 Å². The molecule has 0 aliphatic carbocycles. The second kappa shape index (κ2) is 11.9. The van der Waals surface area contributed by atoms with Gasteiger partial charge in [-0.1, -0.05) is 19.6 Å². The van der Waals surface area contributed by atoms with Crippen LogP contribution in [0.15, 0.2) is 42.7 Å². The molecule has 11 heteroatoms. The third-order valence-electron chi connectivity index (χ3n) is 6.52. The number of anilines is 1. The molecule has 3 heterocycles. The van der Waals surface area contributed by atoms with Crippen LogP contribution in [0.3, 0.4) is 0 Å². The number of carbonyl (C=O) groups is 2. The number of carboxylic acid groups (broad SMARTS) is 1. The molecule has 10 nitrogen and oxygen atoms in total. The molecule has 1 saturated heterocycles. The lowest BCUT2D eigenvalue weighted by molar-refractivity contribution is 0.0240. The van der Waals surface area contributed by atoms with Crippen molar-refractivity contribution in [2.24, 2.45) is 0 Å². The Bertz CT molecular complexity index is 1350. The molecule has 1 aliphatic heterocycles. The topological polar surface area (TPSA) is 106 Å². The Labute approximate surface area is 236 Å². The summed E-state index contributed by atoms with van der Waals surface area (Å²) in [6.45, 7) is 15.8. The van der Waals surface area contributed by atoms with Crippen molar-refractivity contribution < 1.29 is 28.9 Å². The van der Waals surface area contributed by atoms with E-state index < -0.39 is 19.6 Å². The fourth-order valence-corrected chi connectivity index (χ4v) is 5.09. The molecule has 40 heavy (non-hydrogen) atoms. The van der Waals surface area contributed by atoms with Crippen LogP contribution in [0, 0.1) is 0 Å². The lowest BCUT2D eigenvalue weighted by Crippen LogP contribution is -2.50. The number of piperazine rings is 1. The van der Waals surface area contributed by atoms with Crippen molar-refractivity contribution in [3.05, 3.63) is 48.3 Å². The summed E-state index contributed by atoms with van der Waals surface area (Å²) >= 11 is 0. The number of fused-ring (bicyclic) bond motifs is 1. The molecular formula is C29H40N4O6Si. The zero-order valence-electron chi connectivity index (χ0n) is 24.3. The highest BCUT2D eigenvalue weighted by Gasteiger charge is 2.26. The minimum atomic E-state index is -1.15. The first-order valence-electron chi connectivity index (χ1n) is 13.6. The quantitative estimate of drug-likeness (QED) is 0.251. The van der Waals surface area contributed by atoms with E-state index in [4.69, 9.17) is 14.2 Å². The molecule has 0 spiro atoms. The minimum Gasteiger partial charge on any atom is -0.478 e. The van der Waals surface area contributed by atoms with E-state index in [1.165, 1.54) is 0 Å². The van der Waals surface area contributed by atoms with Gasteiger partial charge in [-0.2, -0.15) is 0 Å². The number of aromatic carboxylic acids is 1. The second-order valence-electron chi connectivity index (χ2n) is 12.3. The molecule has 0 saturated carbocycles. The molecule has 0 atom stereocenters. The van der Waals surface area contributed by atoms with Gasteiger partial charge in [0.15, 0.2) is 0 Å². The number of benzene rings is 1. The van der Waals surface area contributed by atoms with Gasteiger partial charge in [0.25, 0.3) is 0 Å². The zero-order chi connectivity index (χ0) is 29.1. The summed E-state index contributed by atoms with van der Waals surface area (Å²) in [7, 11) is -1.15. The van der Waals surface area contributed by atoms with Gasteiger partial charge in [0.2, 0.25) is 0 Å². The van der Waals surface area contributed by atoms with E-state index in [0.717, 1.165) is 29.4 Å². The van der Waals surface area contributed by atoms with E-state index in [0.29, 0.717) is 38.7 Å². The lowest BCUT2D eigenvalue weighted by Gasteiger charge is -2.36.